The van der Waals surface area contributed by atoms with Gasteiger partial charge in [0.05, 0.1) is 17.1 Å². The Morgan fingerprint density at radius 3 is 2.60 bits per heavy atom. The number of carbonyl (C=O) groups is 3. The molecule has 164 valence electrons. The highest BCUT2D eigenvalue weighted by atomic mass is 35.5. The van der Waals surface area contributed by atoms with Crippen LogP contribution in [0.4, 0.5) is 23.7 Å². The zero-order chi connectivity index (χ0) is 22.1. The molecule has 1 saturated carbocycles. The highest BCUT2D eigenvalue weighted by molar-refractivity contribution is 6.31. The standard InChI is InChI=1S/C19H22ClF3N4O3/c1-26(8-9-27-16(29)18(25-17(27)30)6-2-3-7-18)11-15(28)24-12-4-5-14(20)13(10-12)19(21,22)23/h4-5,10H,2-3,6-9,11H2,1H3,(H,24,28)(H,25,30). The molecular weight excluding hydrogens is 425 g/mol. The number of carbonyl (C=O) groups excluding carboxylic acids is 3. The Labute approximate surface area is 176 Å². The third-order valence-electron chi connectivity index (χ3n) is 5.38. The van der Waals surface area contributed by atoms with E-state index in [2.05, 4.69) is 10.6 Å². The molecule has 2 aliphatic rings. The van der Waals surface area contributed by atoms with Crippen LogP contribution in [0, 0.1) is 0 Å². The van der Waals surface area contributed by atoms with Gasteiger partial charge in [-0.15, -0.1) is 0 Å². The summed E-state index contributed by atoms with van der Waals surface area (Å²) in [6, 6.07) is 2.69. The Morgan fingerprint density at radius 2 is 1.97 bits per heavy atom. The fourth-order valence-electron chi connectivity index (χ4n) is 3.81. The van der Waals surface area contributed by atoms with E-state index < -0.39 is 34.2 Å². The third kappa shape index (κ3) is 4.70. The monoisotopic (exact) mass is 446 g/mol. The van der Waals surface area contributed by atoms with Gasteiger partial charge in [-0.2, -0.15) is 13.2 Å². The molecule has 0 atom stereocenters. The van der Waals surface area contributed by atoms with Crippen molar-refractivity contribution in [3.63, 3.8) is 0 Å². The molecule has 1 aliphatic heterocycles. The number of hydrogen-bond acceptors (Lipinski definition) is 4. The molecule has 1 aliphatic carbocycles. The number of halogens is 4. The lowest BCUT2D eigenvalue weighted by molar-refractivity contribution is -0.137. The summed E-state index contributed by atoms with van der Waals surface area (Å²) in [7, 11) is 1.62. The van der Waals surface area contributed by atoms with Crippen molar-refractivity contribution in [1.82, 2.24) is 15.1 Å². The first-order valence-electron chi connectivity index (χ1n) is 9.51. The SMILES string of the molecule is CN(CCN1C(=O)NC2(CCCC2)C1=O)CC(=O)Nc1ccc(Cl)c(C(F)(F)F)c1. The Kier molecular flexibility index (Phi) is 6.28. The average Bonchev–Trinajstić information content (AvgIpc) is 3.20. The molecule has 0 radical (unpaired) electrons. The van der Waals surface area contributed by atoms with Crippen molar-refractivity contribution in [3.8, 4) is 0 Å². The number of urea groups is 1. The van der Waals surface area contributed by atoms with E-state index in [4.69, 9.17) is 11.6 Å². The van der Waals surface area contributed by atoms with Gasteiger partial charge in [0.2, 0.25) is 5.91 Å². The number of benzene rings is 1. The molecule has 1 aromatic rings. The van der Waals surface area contributed by atoms with Crippen LogP contribution in [-0.2, 0) is 15.8 Å². The molecule has 11 heteroatoms. The molecule has 1 spiro atoms. The van der Waals surface area contributed by atoms with Crippen molar-refractivity contribution >= 4 is 35.1 Å². The lowest BCUT2D eigenvalue weighted by atomic mass is 9.98. The summed E-state index contributed by atoms with van der Waals surface area (Å²) in [5.41, 5.74) is -1.84. The van der Waals surface area contributed by atoms with Crippen LogP contribution in [0.2, 0.25) is 5.02 Å². The van der Waals surface area contributed by atoms with Crippen LogP contribution in [0.5, 0.6) is 0 Å². The van der Waals surface area contributed by atoms with Crippen molar-refractivity contribution in [2.24, 2.45) is 0 Å². The van der Waals surface area contributed by atoms with Crippen LogP contribution in [0.1, 0.15) is 31.2 Å². The summed E-state index contributed by atoms with van der Waals surface area (Å²) in [6.07, 6.45) is -1.59. The molecule has 1 aromatic carbocycles. The number of hydrogen-bond donors (Lipinski definition) is 2. The van der Waals surface area contributed by atoms with Gasteiger partial charge >= 0.3 is 12.2 Å². The Morgan fingerprint density at radius 1 is 1.30 bits per heavy atom. The van der Waals surface area contributed by atoms with E-state index in [0.717, 1.165) is 29.9 Å². The minimum atomic E-state index is -4.63. The first-order valence-corrected chi connectivity index (χ1v) is 9.89. The summed E-state index contributed by atoms with van der Waals surface area (Å²) in [4.78, 5) is 39.7. The zero-order valence-corrected chi connectivity index (χ0v) is 17.1. The van der Waals surface area contributed by atoms with E-state index in [-0.39, 0.29) is 31.2 Å². The maximum absolute atomic E-state index is 12.9. The normalized spacial score (nSPS) is 18.4. The van der Waals surface area contributed by atoms with Gasteiger partial charge in [0, 0.05) is 18.8 Å². The number of amides is 4. The minimum Gasteiger partial charge on any atom is -0.325 e. The fourth-order valence-corrected chi connectivity index (χ4v) is 4.04. The second kappa shape index (κ2) is 8.43. The molecule has 3 rings (SSSR count). The van der Waals surface area contributed by atoms with E-state index in [9.17, 15) is 27.6 Å². The van der Waals surface area contributed by atoms with Crippen LogP contribution < -0.4 is 10.6 Å². The molecular formula is C19H22ClF3N4O3. The number of likely N-dealkylation sites (N-methyl/N-ethyl adjacent to an activating group) is 1. The van der Waals surface area contributed by atoms with E-state index >= 15 is 0 Å². The maximum atomic E-state index is 12.9. The molecule has 0 bridgehead atoms. The highest BCUT2D eigenvalue weighted by Gasteiger charge is 2.52. The second-order valence-electron chi connectivity index (χ2n) is 7.65. The van der Waals surface area contributed by atoms with Crippen LogP contribution in [0.3, 0.4) is 0 Å². The first-order chi connectivity index (χ1) is 14.0. The van der Waals surface area contributed by atoms with Crippen LogP contribution >= 0.6 is 11.6 Å². The molecule has 1 saturated heterocycles. The molecule has 7 nitrogen and oxygen atoms in total. The molecule has 2 fully saturated rings. The van der Waals surface area contributed by atoms with E-state index in [1.54, 1.807) is 11.9 Å². The molecule has 0 aromatic heterocycles. The fraction of sp³-hybridized carbons (Fsp3) is 0.526. The maximum Gasteiger partial charge on any atom is 0.417 e. The highest BCUT2D eigenvalue weighted by Crippen LogP contribution is 2.36. The number of nitrogens with one attached hydrogen (secondary N) is 2. The van der Waals surface area contributed by atoms with Gasteiger partial charge in [0.25, 0.3) is 5.91 Å². The molecule has 1 heterocycles. The summed E-state index contributed by atoms with van der Waals surface area (Å²) in [5.74, 6) is -0.763. The van der Waals surface area contributed by atoms with Crippen molar-refractivity contribution in [2.75, 3.05) is 32.0 Å². The van der Waals surface area contributed by atoms with Gasteiger partial charge < -0.3 is 10.6 Å². The number of anilines is 1. The van der Waals surface area contributed by atoms with Gasteiger partial charge in [-0.05, 0) is 38.1 Å². The van der Waals surface area contributed by atoms with E-state index in [0.29, 0.717) is 12.8 Å². The summed E-state index contributed by atoms with van der Waals surface area (Å²) < 4.78 is 38.8. The topological polar surface area (TPSA) is 81.8 Å². The molecule has 2 N–H and O–H groups in total. The Hall–Kier alpha value is -2.33. The number of rotatable bonds is 6. The average molecular weight is 447 g/mol. The number of imide groups is 1. The van der Waals surface area contributed by atoms with Crippen molar-refractivity contribution in [1.29, 1.82) is 0 Å². The van der Waals surface area contributed by atoms with Gasteiger partial charge in [-0.1, -0.05) is 24.4 Å². The smallest absolute Gasteiger partial charge is 0.325 e. The predicted molar refractivity (Wildman–Crippen MR) is 104 cm³/mol. The molecule has 4 amide bonds. The van der Waals surface area contributed by atoms with Crippen LogP contribution in [0.15, 0.2) is 18.2 Å². The van der Waals surface area contributed by atoms with Crippen LogP contribution in [0.25, 0.3) is 0 Å². The largest absolute Gasteiger partial charge is 0.417 e. The second-order valence-corrected chi connectivity index (χ2v) is 8.06. The van der Waals surface area contributed by atoms with Gasteiger partial charge in [0.1, 0.15) is 5.54 Å². The van der Waals surface area contributed by atoms with E-state index in [1.807, 2.05) is 0 Å². The van der Waals surface area contributed by atoms with Crippen molar-refractivity contribution in [2.45, 2.75) is 37.4 Å². The Balaban J connectivity index is 1.52. The first kappa shape index (κ1) is 22.4. The number of alkyl halides is 3. The van der Waals surface area contributed by atoms with E-state index in [1.165, 1.54) is 6.07 Å². The number of nitrogens with zero attached hydrogens (tertiary/aromatic N) is 2. The van der Waals surface area contributed by atoms with Gasteiger partial charge in [-0.25, -0.2) is 4.79 Å². The summed E-state index contributed by atoms with van der Waals surface area (Å²) in [5, 5.41) is 4.73. The minimum absolute atomic E-state index is 0.0256. The van der Waals surface area contributed by atoms with Crippen molar-refractivity contribution < 1.29 is 27.6 Å². The lowest BCUT2D eigenvalue weighted by Crippen LogP contribution is -2.44. The quantitative estimate of drug-likeness (QED) is 0.658. The lowest BCUT2D eigenvalue weighted by Gasteiger charge is -2.22. The molecule has 0 unspecified atom stereocenters. The predicted octanol–water partition coefficient (Wildman–Crippen LogP) is 3.09. The summed E-state index contributed by atoms with van der Waals surface area (Å²) >= 11 is 5.57. The third-order valence-corrected chi connectivity index (χ3v) is 5.71. The van der Waals surface area contributed by atoms with Gasteiger partial charge in [-0.3, -0.25) is 19.4 Å². The molecule has 30 heavy (non-hydrogen) atoms. The Bertz CT molecular complexity index is 856. The van der Waals surface area contributed by atoms with Gasteiger partial charge in [0.15, 0.2) is 0 Å². The van der Waals surface area contributed by atoms with Crippen LogP contribution in [-0.4, -0.2) is 59.9 Å². The zero-order valence-electron chi connectivity index (χ0n) is 16.3. The summed E-state index contributed by atoms with van der Waals surface area (Å²) in [6.45, 7) is 0.241. The van der Waals surface area contributed by atoms with Crippen molar-refractivity contribution in [3.05, 3.63) is 28.8 Å².